The Balaban J connectivity index is 1.79. The van der Waals surface area contributed by atoms with Crippen LogP contribution in [-0.4, -0.2) is 34.5 Å². The van der Waals surface area contributed by atoms with Gasteiger partial charge in [0.2, 0.25) is 11.7 Å². The van der Waals surface area contributed by atoms with Crippen molar-refractivity contribution >= 4 is 21.2 Å². The van der Waals surface area contributed by atoms with Crippen LogP contribution >= 0.6 is 11.3 Å². The van der Waals surface area contributed by atoms with E-state index in [2.05, 4.69) is 15.1 Å². The Morgan fingerprint density at radius 3 is 3.06 bits per heavy atom. The van der Waals surface area contributed by atoms with Gasteiger partial charge in [-0.05, 0) is 12.8 Å². The van der Waals surface area contributed by atoms with Crippen molar-refractivity contribution in [3.63, 3.8) is 0 Å². The number of rotatable bonds is 3. The fourth-order valence-corrected chi connectivity index (χ4v) is 4.42. The molecule has 1 aliphatic heterocycles. The summed E-state index contributed by atoms with van der Waals surface area (Å²) in [6.45, 7) is 0. The van der Waals surface area contributed by atoms with Crippen molar-refractivity contribution in [2.24, 2.45) is 0 Å². The van der Waals surface area contributed by atoms with Crippen LogP contribution in [-0.2, 0) is 16.3 Å². The van der Waals surface area contributed by atoms with Crippen LogP contribution < -0.4 is 0 Å². The van der Waals surface area contributed by atoms with Gasteiger partial charge in [0, 0.05) is 12.6 Å². The van der Waals surface area contributed by atoms with Crippen LogP contribution in [0.2, 0.25) is 0 Å². The largest absolute Gasteiger partial charge is 0.339 e. The topological polar surface area (TPSA) is 86.0 Å². The fraction of sp³-hybridized carbons (Fsp3) is 0.500. The monoisotopic (exact) mass is 285 g/mol. The van der Waals surface area contributed by atoms with E-state index in [1.807, 2.05) is 0 Å². The standard InChI is InChI=1S/C10H11N3O3S2/c14-18(15)3-1-2-7(18)4-9-12-10(13-16-9)8-5-11-6-17-8/h5-7H,1-4H2. The van der Waals surface area contributed by atoms with Crippen molar-refractivity contribution in [1.29, 1.82) is 0 Å². The number of hydrogen-bond acceptors (Lipinski definition) is 7. The van der Waals surface area contributed by atoms with Crippen LogP contribution in [0.5, 0.6) is 0 Å². The second-order valence-corrected chi connectivity index (χ2v) is 7.50. The lowest BCUT2D eigenvalue weighted by Gasteiger charge is -2.04. The quantitative estimate of drug-likeness (QED) is 0.845. The first kappa shape index (κ1) is 11.8. The van der Waals surface area contributed by atoms with Crippen LogP contribution in [0, 0.1) is 0 Å². The Morgan fingerprint density at radius 1 is 1.50 bits per heavy atom. The maximum atomic E-state index is 11.7. The second-order valence-electron chi connectivity index (χ2n) is 4.21. The van der Waals surface area contributed by atoms with Gasteiger partial charge in [-0.3, -0.25) is 4.98 Å². The highest BCUT2D eigenvalue weighted by Gasteiger charge is 2.32. The molecule has 2 aromatic heterocycles. The molecule has 0 saturated carbocycles. The van der Waals surface area contributed by atoms with Gasteiger partial charge in [-0.25, -0.2) is 8.42 Å². The lowest BCUT2D eigenvalue weighted by atomic mass is 10.2. The number of nitrogens with zero attached hydrogens (tertiary/aromatic N) is 3. The molecule has 0 amide bonds. The third-order valence-electron chi connectivity index (χ3n) is 2.99. The predicted molar refractivity (Wildman–Crippen MR) is 65.9 cm³/mol. The molecule has 0 aliphatic carbocycles. The van der Waals surface area contributed by atoms with E-state index in [-0.39, 0.29) is 11.0 Å². The van der Waals surface area contributed by atoms with Gasteiger partial charge in [-0.2, -0.15) is 4.98 Å². The summed E-state index contributed by atoms with van der Waals surface area (Å²) in [5, 5.41) is 3.47. The first-order valence-corrected chi connectivity index (χ1v) is 8.18. The van der Waals surface area contributed by atoms with E-state index in [9.17, 15) is 8.42 Å². The minimum absolute atomic E-state index is 0.271. The Hall–Kier alpha value is -1.28. The normalized spacial score (nSPS) is 22.3. The molecule has 18 heavy (non-hydrogen) atoms. The second kappa shape index (κ2) is 4.43. The van der Waals surface area contributed by atoms with E-state index in [1.54, 1.807) is 11.7 Å². The minimum Gasteiger partial charge on any atom is -0.339 e. The number of aromatic nitrogens is 3. The molecule has 96 valence electrons. The minimum atomic E-state index is -2.97. The first-order chi connectivity index (χ1) is 8.65. The molecule has 1 aliphatic rings. The lowest BCUT2D eigenvalue weighted by Crippen LogP contribution is -2.18. The van der Waals surface area contributed by atoms with Crippen molar-refractivity contribution < 1.29 is 12.9 Å². The van der Waals surface area contributed by atoms with Crippen LogP contribution in [0.15, 0.2) is 16.2 Å². The van der Waals surface area contributed by atoms with Crippen LogP contribution in [0.4, 0.5) is 0 Å². The Morgan fingerprint density at radius 2 is 2.39 bits per heavy atom. The van der Waals surface area contributed by atoms with Crippen LogP contribution in [0.1, 0.15) is 18.7 Å². The summed E-state index contributed by atoms with van der Waals surface area (Å²) < 4.78 is 28.5. The highest BCUT2D eigenvalue weighted by atomic mass is 32.2. The van der Waals surface area contributed by atoms with Crippen LogP contribution in [0.25, 0.3) is 10.7 Å². The Labute approximate surface area is 108 Å². The molecule has 3 heterocycles. The summed E-state index contributed by atoms with van der Waals surface area (Å²) in [4.78, 5) is 8.96. The van der Waals surface area contributed by atoms with Gasteiger partial charge in [-0.1, -0.05) is 5.16 Å². The van der Waals surface area contributed by atoms with Gasteiger partial charge in [-0.15, -0.1) is 11.3 Å². The summed E-state index contributed by atoms with van der Waals surface area (Å²) in [6, 6.07) is 0. The van der Waals surface area contributed by atoms with E-state index >= 15 is 0 Å². The third kappa shape index (κ3) is 2.17. The molecule has 3 rings (SSSR count). The Kier molecular flexibility index (Phi) is 2.90. The molecule has 1 unspecified atom stereocenters. The zero-order valence-corrected chi connectivity index (χ0v) is 11.1. The van der Waals surface area contributed by atoms with E-state index in [4.69, 9.17) is 4.52 Å². The molecule has 0 bridgehead atoms. The van der Waals surface area contributed by atoms with Gasteiger partial charge in [0.05, 0.1) is 21.4 Å². The highest BCUT2D eigenvalue weighted by molar-refractivity contribution is 7.92. The van der Waals surface area contributed by atoms with Crippen molar-refractivity contribution in [3.8, 4) is 10.7 Å². The predicted octanol–water partition coefficient (Wildman–Crippen LogP) is 1.31. The molecule has 0 N–H and O–H groups in total. The van der Waals surface area contributed by atoms with Crippen molar-refractivity contribution in [3.05, 3.63) is 17.6 Å². The average Bonchev–Trinajstić information content (AvgIpc) is 3.02. The zero-order chi connectivity index (χ0) is 12.6. The number of hydrogen-bond donors (Lipinski definition) is 0. The molecule has 0 aromatic carbocycles. The van der Waals surface area contributed by atoms with Crippen molar-refractivity contribution in [2.45, 2.75) is 24.5 Å². The van der Waals surface area contributed by atoms with Gasteiger partial charge in [0.15, 0.2) is 9.84 Å². The first-order valence-electron chi connectivity index (χ1n) is 5.58. The van der Waals surface area contributed by atoms with Crippen molar-refractivity contribution in [2.75, 3.05) is 5.75 Å². The summed E-state index contributed by atoms with van der Waals surface area (Å²) in [7, 11) is -2.97. The average molecular weight is 285 g/mol. The van der Waals surface area contributed by atoms with Crippen molar-refractivity contribution in [1.82, 2.24) is 15.1 Å². The van der Waals surface area contributed by atoms with E-state index in [1.165, 1.54) is 11.3 Å². The lowest BCUT2D eigenvalue weighted by molar-refractivity contribution is 0.375. The molecule has 1 fully saturated rings. The molecule has 1 atom stereocenters. The molecular formula is C10H11N3O3S2. The van der Waals surface area contributed by atoms with E-state index in [0.29, 0.717) is 24.6 Å². The zero-order valence-electron chi connectivity index (χ0n) is 9.44. The fourth-order valence-electron chi connectivity index (χ4n) is 2.05. The summed E-state index contributed by atoms with van der Waals surface area (Å²) in [6.07, 6.45) is 3.38. The van der Waals surface area contributed by atoms with E-state index < -0.39 is 9.84 Å². The van der Waals surface area contributed by atoms with Gasteiger partial charge in [0.1, 0.15) is 0 Å². The summed E-state index contributed by atoms with van der Waals surface area (Å²) >= 11 is 1.42. The number of thiazole rings is 1. The maximum absolute atomic E-state index is 11.7. The molecular weight excluding hydrogens is 274 g/mol. The molecule has 6 nitrogen and oxygen atoms in total. The highest BCUT2D eigenvalue weighted by Crippen LogP contribution is 2.25. The molecule has 1 saturated heterocycles. The molecule has 2 aromatic rings. The maximum Gasteiger partial charge on any atom is 0.228 e. The van der Waals surface area contributed by atoms with Gasteiger partial charge in [0.25, 0.3) is 0 Å². The molecule has 0 radical (unpaired) electrons. The summed E-state index contributed by atoms with van der Waals surface area (Å²) in [5.74, 6) is 1.13. The number of sulfone groups is 1. The summed E-state index contributed by atoms with van der Waals surface area (Å²) in [5.41, 5.74) is 1.69. The van der Waals surface area contributed by atoms with E-state index in [0.717, 1.165) is 11.3 Å². The molecule has 8 heteroatoms. The van der Waals surface area contributed by atoms with Gasteiger partial charge < -0.3 is 4.52 Å². The molecule has 0 spiro atoms. The van der Waals surface area contributed by atoms with Crippen LogP contribution in [0.3, 0.4) is 0 Å². The SMILES string of the molecule is O=S1(=O)CCCC1Cc1nc(-c2cncs2)no1. The van der Waals surface area contributed by atoms with Gasteiger partial charge >= 0.3 is 0 Å². The third-order valence-corrected chi connectivity index (χ3v) is 6.03. The smallest absolute Gasteiger partial charge is 0.228 e. The Bertz CT molecular complexity index is 633.